The Labute approximate surface area is 173 Å². The minimum atomic E-state index is -0.541. The maximum Gasteiger partial charge on any atom is 0.338 e. The van der Waals surface area contributed by atoms with E-state index in [0.29, 0.717) is 40.9 Å². The quantitative estimate of drug-likeness (QED) is 0.395. The highest BCUT2D eigenvalue weighted by Gasteiger charge is 2.15. The molecule has 1 aromatic heterocycles. The lowest BCUT2D eigenvalue weighted by atomic mass is 10.1. The van der Waals surface area contributed by atoms with E-state index in [9.17, 15) is 14.4 Å². The van der Waals surface area contributed by atoms with Crippen molar-refractivity contribution in [2.75, 3.05) is 40.6 Å². The SMILES string of the molecule is COCCOC(=O)c1ccc(-n2cc(C#N)c3cc(OCCOC)c(F)cc32)cc1. The first-order valence-corrected chi connectivity index (χ1v) is 9.22. The van der Waals surface area contributed by atoms with Crippen LogP contribution in [0.15, 0.2) is 42.6 Å². The van der Waals surface area contributed by atoms with Crippen molar-refractivity contribution in [1.29, 1.82) is 5.26 Å². The highest BCUT2D eigenvalue weighted by molar-refractivity contribution is 5.91. The number of carbonyl (C=O) groups is 1. The van der Waals surface area contributed by atoms with Crippen LogP contribution in [-0.4, -0.2) is 51.2 Å². The summed E-state index contributed by atoms with van der Waals surface area (Å²) in [7, 11) is 3.05. The fourth-order valence-corrected chi connectivity index (χ4v) is 2.93. The lowest BCUT2D eigenvalue weighted by Gasteiger charge is -2.10. The number of hydrogen-bond acceptors (Lipinski definition) is 6. The van der Waals surface area contributed by atoms with Crippen molar-refractivity contribution in [3.05, 3.63) is 59.5 Å². The van der Waals surface area contributed by atoms with Gasteiger partial charge < -0.3 is 23.5 Å². The molecule has 0 fully saturated rings. The van der Waals surface area contributed by atoms with E-state index in [-0.39, 0.29) is 19.0 Å². The van der Waals surface area contributed by atoms with E-state index < -0.39 is 11.8 Å². The monoisotopic (exact) mass is 412 g/mol. The van der Waals surface area contributed by atoms with Crippen LogP contribution in [0.1, 0.15) is 15.9 Å². The van der Waals surface area contributed by atoms with Crippen molar-refractivity contribution in [1.82, 2.24) is 4.57 Å². The molecular formula is C22H21FN2O5. The normalized spacial score (nSPS) is 10.7. The molecule has 3 aromatic rings. The number of nitrogens with zero attached hydrogens (tertiary/aromatic N) is 2. The summed E-state index contributed by atoms with van der Waals surface area (Å²) in [6, 6.07) is 11.6. The summed E-state index contributed by atoms with van der Waals surface area (Å²) in [5.74, 6) is -0.943. The predicted octanol–water partition coefficient (Wildman–Crippen LogP) is 3.47. The van der Waals surface area contributed by atoms with E-state index in [0.717, 1.165) is 0 Å². The van der Waals surface area contributed by atoms with Crippen LogP contribution < -0.4 is 4.74 Å². The highest BCUT2D eigenvalue weighted by Crippen LogP contribution is 2.30. The highest BCUT2D eigenvalue weighted by atomic mass is 19.1. The number of esters is 1. The summed E-state index contributed by atoms with van der Waals surface area (Å²) in [5.41, 5.74) is 1.94. The lowest BCUT2D eigenvalue weighted by molar-refractivity contribution is 0.0388. The Balaban J connectivity index is 1.91. The summed E-state index contributed by atoms with van der Waals surface area (Å²) >= 11 is 0. The van der Waals surface area contributed by atoms with Gasteiger partial charge in [-0.3, -0.25) is 0 Å². The third-order valence-corrected chi connectivity index (χ3v) is 4.43. The van der Waals surface area contributed by atoms with E-state index in [1.807, 2.05) is 0 Å². The van der Waals surface area contributed by atoms with Gasteiger partial charge in [-0.1, -0.05) is 0 Å². The Hall–Kier alpha value is -3.41. The number of fused-ring (bicyclic) bond motifs is 1. The van der Waals surface area contributed by atoms with Crippen LogP contribution in [0.3, 0.4) is 0 Å². The second-order valence-electron chi connectivity index (χ2n) is 6.34. The number of halogens is 1. The van der Waals surface area contributed by atoms with Crippen LogP contribution in [0.5, 0.6) is 5.75 Å². The lowest BCUT2D eigenvalue weighted by Crippen LogP contribution is -2.10. The summed E-state index contributed by atoms with van der Waals surface area (Å²) in [5, 5.41) is 10.1. The molecular weight excluding hydrogens is 391 g/mol. The van der Waals surface area contributed by atoms with Crippen LogP contribution in [0, 0.1) is 17.1 Å². The molecule has 0 saturated heterocycles. The Bertz CT molecular complexity index is 1070. The zero-order valence-electron chi connectivity index (χ0n) is 16.7. The van der Waals surface area contributed by atoms with Gasteiger partial charge in [-0.25, -0.2) is 9.18 Å². The smallest absolute Gasteiger partial charge is 0.338 e. The van der Waals surface area contributed by atoms with Gasteiger partial charge in [0.05, 0.1) is 29.9 Å². The minimum absolute atomic E-state index is 0.0583. The molecule has 2 aromatic carbocycles. The molecule has 0 aliphatic rings. The molecule has 3 rings (SSSR count). The Kier molecular flexibility index (Phi) is 7.01. The first kappa shape index (κ1) is 21.3. The van der Waals surface area contributed by atoms with Gasteiger partial charge in [-0.2, -0.15) is 5.26 Å². The van der Waals surface area contributed by atoms with Gasteiger partial charge in [0.15, 0.2) is 11.6 Å². The second-order valence-corrected chi connectivity index (χ2v) is 6.34. The van der Waals surface area contributed by atoms with Crippen LogP contribution >= 0.6 is 0 Å². The predicted molar refractivity (Wildman–Crippen MR) is 107 cm³/mol. The molecule has 0 aliphatic carbocycles. The van der Waals surface area contributed by atoms with Crippen molar-refractivity contribution in [2.24, 2.45) is 0 Å². The average Bonchev–Trinajstić information content (AvgIpc) is 3.11. The Morgan fingerprint density at radius 2 is 1.77 bits per heavy atom. The van der Waals surface area contributed by atoms with Crippen molar-refractivity contribution in [2.45, 2.75) is 0 Å². The van der Waals surface area contributed by atoms with E-state index in [4.69, 9.17) is 18.9 Å². The average molecular weight is 412 g/mol. The van der Waals surface area contributed by atoms with Crippen LogP contribution in [-0.2, 0) is 14.2 Å². The van der Waals surface area contributed by atoms with E-state index in [1.54, 1.807) is 35.0 Å². The molecule has 0 unspecified atom stereocenters. The molecule has 30 heavy (non-hydrogen) atoms. The number of methoxy groups -OCH3 is 2. The maximum absolute atomic E-state index is 14.5. The topological polar surface area (TPSA) is 82.7 Å². The molecule has 0 radical (unpaired) electrons. The zero-order valence-corrected chi connectivity index (χ0v) is 16.7. The van der Waals surface area contributed by atoms with Crippen molar-refractivity contribution in [3.8, 4) is 17.5 Å². The van der Waals surface area contributed by atoms with Gasteiger partial charge in [0.25, 0.3) is 0 Å². The summed E-state index contributed by atoms with van der Waals surface area (Å²) in [6.07, 6.45) is 1.62. The molecule has 0 amide bonds. The molecule has 8 heteroatoms. The number of rotatable bonds is 9. The number of ether oxygens (including phenoxy) is 4. The summed E-state index contributed by atoms with van der Waals surface area (Å²) in [4.78, 5) is 12.0. The maximum atomic E-state index is 14.5. The van der Waals surface area contributed by atoms with Crippen molar-refractivity contribution < 1.29 is 28.1 Å². The van der Waals surface area contributed by atoms with Gasteiger partial charge in [-0.05, 0) is 30.3 Å². The number of benzene rings is 2. The Morgan fingerprint density at radius 1 is 1.07 bits per heavy atom. The van der Waals surface area contributed by atoms with E-state index >= 15 is 0 Å². The number of hydrogen-bond donors (Lipinski definition) is 0. The van der Waals surface area contributed by atoms with E-state index in [2.05, 4.69) is 6.07 Å². The van der Waals surface area contributed by atoms with Crippen molar-refractivity contribution >= 4 is 16.9 Å². The molecule has 0 atom stereocenters. The largest absolute Gasteiger partial charge is 0.488 e. The zero-order chi connectivity index (χ0) is 21.5. The van der Waals surface area contributed by atoms with Gasteiger partial charge in [0, 0.05) is 37.6 Å². The van der Waals surface area contributed by atoms with Gasteiger partial charge in [0.2, 0.25) is 0 Å². The van der Waals surface area contributed by atoms with Crippen LogP contribution in [0.2, 0.25) is 0 Å². The molecule has 7 nitrogen and oxygen atoms in total. The fraction of sp³-hybridized carbons (Fsp3) is 0.273. The van der Waals surface area contributed by atoms with Gasteiger partial charge >= 0.3 is 5.97 Å². The van der Waals surface area contributed by atoms with Gasteiger partial charge in [-0.15, -0.1) is 0 Å². The van der Waals surface area contributed by atoms with Crippen LogP contribution in [0.25, 0.3) is 16.6 Å². The number of aromatic nitrogens is 1. The standard InChI is InChI=1S/C22H21FN2O5/c1-27-7-9-29-21-11-18-16(13-24)14-25(20(18)12-19(21)23)17-5-3-15(4-6-17)22(26)30-10-8-28-2/h3-6,11-12,14H,7-10H2,1-2H3. The number of carbonyl (C=O) groups excluding carboxylic acids is 1. The Morgan fingerprint density at radius 3 is 2.43 bits per heavy atom. The molecule has 0 bridgehead atoms. The third kappa shape index (κ3) is 4.59. The molecule has 0 N–H and O–H groups in total. The van der Waals surface area contributed by atoms with E-state index in [1.165, 1.54) is 26.4 Å². The molecule has 0 saturated carbocycles. The molecule has 0 aliphatic heterocycles. The molecule has 1 heterocycles. The fourth-order valence-electron chi connectivity index (χ4n) is 2.93. The van der Waals surface area contributed by atoms with Crippen molar-refractivity contribution in [3.63, 3.8) is 0 Å². The minimum Gasteiger partial charge on any atom is -0.488 e. The third-order valence-electron chi connectivity index (χ3n) is 4.43. The first-order chi connectivity index (χ1) is 14.6. The first-order valence-electron chi connectivity index (χ1n) is 9.22. The molecule has 156 valence electrons. The molecule has 0 spiro atoms. The van der Waals surface area contributed by atoms with Gasteiger partial charge in [0.1, 0.15) is 19.3 Å². The van der Waals surface area contributed by atoms with Crippen LogP contribution in [0.4, 0.5) is 4.39 Å². The second kappa shape index (κ2) is 9.87. The number of nitriles is 1. The summed E-state index contributed by atoms with van der Waals surface area (Å²) < 4.78 is 36.5. The summed E-state index contributed by atoms with van der Waals surface area (Å²) in [6.45, 7) is 1.01.